The summed E-state index contributed by atoms with van der Waals surface area (Å²) in [7, 11) is 0. The Morgan fingerprint density at radius 3 is 2.26 bits per heavy atom. The van der Waals surface area contributed by atoms with E-state index in [0.717, 1.165) is 0 Å². The average Bonchev–Trinajstić information content (AvgIpc) is 2.81. The van der Waals surface area contributed by atoms with Crippen molar-refractivity contribution in [3.8, 4) is 0 Å². The van der Waals surface area contributed by atoms with Gasteiger partial charge >= 0.3 is 11.9 Å². The summed E-state index contributed by atoms with van der Waals surface area (Å²) >= 11 is 0. The zero-order valence-corrected chi connectivity index (χ0v) is 12.5. The zero-order chi connectivity index (χ0) is 21.0. The fraction of sp³-hybridized carbons (Fsp3) is 0.688. The molecule has 23 heavy (non-hydrogen) atoms. The molecule has 0 amide bonds. The van der Waals surface area contributed by atoms with Crippen LogP contribution in [0.15, 0.2) is 12.2 Å². The first-order valence-electron chi connectivity index (χ1n) is 9.32. The van der Waals surface area contributed by atoms with Crippen LogP contribution >= 0.6 is 0 Å². The van der Waals surface area contributed by atoms with Crippen molar-refractivity contribution < 1.29 is 40.3 Å². The molecule has 1 aliphatic carbocycles. The van der Waals surface area contributed by atoms with Crippen LogP contribution in [0.2, 0.25) is 0 Å². The van der Waals surface area contributed by atoms with Gasteiger partial charge in [-0.25, -0.2) is 0 Å². The van der Waals surface area contributed by atoms with Gasteiger partial charge in [-0.2, -0.15) is 0 Å². The molecular weight excluding hydrogens is 304 g/mol. The molecule has 4 atom stereocenters. The van der Waals surface area contributed by atoms with E-state index < -0.39 is 60.9 Å². The third kappa shape index (κ3) is 6.92. The summed E-state index contributed by atoms with van der Waals surface area (Å²) in [4.78, 5) is 33.5. The van der Waals surface area contributed by atoms with Crippen LogP contribution in [0, 0.1) is 11.8 Å². The number of aliphatic hydroxyl groups excluding tert-OH is 2. The molecule has 0 spiro atoms. The van der Waals surface area contributed by atoms with E-state index in [1.807, 2.05) is 0 Å². The number of Topliss-reactive ketones (excluding diaryl/α,β-unsaturated/α-hetero) is 1. The molecule has 0 unspecified atom stereocenters. The highest BCUT2D eigenvalue weighted by Crippen LogP contribution is 2.38. The first kappa shape index (κ1) is 13.7. The summed E-state index contributed by atoms with van der Waals surface area (Å²) in [6, 6.07) is 0. The van der Waals surface area contributed by atoms with E-state index in [0.29, 0.717) is 0 Å². The molecule has 0 aromatic rings. The van der Waals surface area contributed by atoms with E-state index in [1.165, 1.54) is 6.08 Å². The number of carbonyl (C=O) groups excluding carboxylic acids is 1. The Balaban J connectivity index is 2.77. The highest BCUT2D eigenvalue weighted by Gasteiger charge is 2.40. The quantitative estimate of drug-likeness (QED) is 0.438. The maximum atomic E-state index is 12.1. The van der Waals surface area contributed by atoms with Crippen molar-refractivity contribution in [3.05, 3.63) is 12.2 Å². The molecule has 0 aromatic heterocycles. The van der Waals surface area contributed by atoms with Crippen molar-refractivity contribution in [2.45, 2.75) is 57.1 Å². The second-order valence-corrected chi connectivity index (χ2v) is 5.52. The molecule has 7 nitrogen and oxygen atoms in total. The fourth-order valence-corrected chi connectivity index (χ4v) is 2.83. The standard InChI is InChI=1S/C16H24O7/c17-10(6-8-16(22)23)5-7-12-11(13(18)9-14(12)19)3-1-2-4-15(20)21/h1-2,11-14,18-19H,3-9H2,(H,20,21)(H,22,23)/b2-1-/t11-,12-,13+,14+/m1/s1/i6D2,8D2. The fourth-order valence-electron chi connectivity index (χ4n) is 2.83. The minimum absolute atomic E-state index is 0.0519. The molecule has 0 saturated heterocycles. The predicted octanol–water partition coefficient (Wildman–Crippen LogP) is 0.979. The highest BCUT2D eigenvalue weighted by atomic mass is 16.4. The van der Waals surface area contributed by atoms with Crippen molar-refractivity contribution in [2.24, 2.45) is 11.8 Å². The summed E-state index contributed by atoms with van der Waals surface area (Å²) in [5.74, 6) is -5.39. The summed E-state index contributed by atoms with van der Waals surface area (Å²) in [5, 5.41) is 37.5. The lowest BCUT2D eigenvalue weighted by Gasteiger charge is -2.22. The lowest BCUT2D eigenvalue weighted by Crippen LogP contribution is -2.22. The van der Waals surface area contributed by atoms with Gasteiger partial charge < -0.3 is 20.4 Å². The summed E-state index contributed by atoms with van der Waals surface area (Å²) in [6.07, 6.45) is -5.93. The van der Waals surface area contributed by atoms with Gasteiger partial charge in [0.25, 0.3) is 0 Å². The van der Waals surface area contributed by atoms with Crippen LogP contribution in [-0.2, 0) is 14.4 Å². The molecule has 0 aliphatic heterocycles. The van der Waals surface area contributed by atoms with Crippen LogP contribution in [0.1, 0.15) is 50.3 Å². The third-order valence-corrected chi connectivity index (χ3v) is 3.90. The highest BCUT2D eigenvalue weighted by molar-refractivity contribution is 5.82. The number of carboxylic acids is 2. The van der Waals surface area contributed by atoms with E-state index in [1.54, 1.807) is 6.08 Å². The summed E-state index contributed by atoms with van der Waals surface area (Å²) in [5.41, 5.74) is 0. The molecule has 1 fully saturated rings. The largest absolute Gasteiger partial charge is 0.481 e. The molecule has 0 heterocycles. The van der Waals surface area contributed by atoms with Gasteiger partial charge in [0.15, 0.2) is 0 Å². The van der Waals surface area contributed by atoms with E-state index in [-0.39, 0.29) is 25.7 Å². The zero-order valence-electron chi connectivity index (χ0n) is 16.5. The number of carbonyl (C=O) groups is 3. The normalized spacial score (nSPS) is 31.2. The van der Waals surface area contributed by atoms with Crippen molar-refractivity contribution in [1.82, 2.24) is 0 Å². The lowest BCUT2D eigenvalue weighted by molar-refractivity contribution is -0.138. The number of hydrogen-bond acceptors (Lipinski definition) is 5. The van der Waals surface area contributed by atoms with Crippen LogP contribution in [-0.4, -0.2) is 50.4 Å². The van der Waals surface area contributed by atoms with E-state index in [4.69, 9.17) is 15.7 Å². The second-order valence-electron chi connectivity index (χ2n) is 5.52. The van der Waals surface area contributed by atoms with Gasteiger partial charge in [0.05, 0.1) is 25.0 Å². The summed E-state index contributed by atoms with van der Waals surface area (Å²) in [6.45, 7) is 0. The Hall–Kier alpha value is -1.73. The minimum Gasteiger partial charge on any atom is -0.481 e. The Labute approximate surface area is 140 Å². The maximum Gasteiger partial charge on any atom is 0.307 e. The molecule has 0 bridgehead atoms. The third-order valence-electron chi connectivity index (χ3n) is 3.90. The van der Waals surface area contributed by atoms with E-state index in [9.17, 15) is 24.6 Å². The number of allylic oxidation sites excluding steroid dienone is 1. The molecule has 0 aromatic carbocycles. The van der Waals surface area contributed by atoms with Gasteiger partial charge in [0, 0.05) is 18.3 Å². The molecule has 1 saturated carbocycles. The molecule has 130 valence electrons. The minimum atomic E-state index is -3.39. The smallest absolute Gasteiger partial charge is 0.307 e. The maximum absolute atomic E-state index is 12.1. The SMILES string of the molecule is [2H]C([2H])(C(=O)O)C([2H])([2H])C(=O)CC[C@@H]1[C@@H](C/C=C\CC(=O)O)[C@@H](O)C[C@@H]1O. The number of hydrogen-bond donors (Lipinski definition) is 4. The monoisotopic (exact) mass is 332 g/mol. The lowest BCUT2D eigenvalue weighted by atomic mass is 9.86. The van der Waals surface area contributed by atoms with Gasteiger partial charge in [-0.15, -0.1) is 0 Å². The van der Waals surface area contributed by atoms with Crippen molar-refractivity contribution in [1.29, 1.82) is 0 Å². The predicted molar refractivity (Wildman–Crippen MR) is 80.7 cm³/mol. The van der Waals surface area contributed by atoms with Crippen molar-refractivity contribution in [2.75, 3.05) is 0 Å². The number of carboxylic acid groups (broad SMARTS) is 2. The van der Waals surface area contributed by atoms with Gasteiger partial charge in [0.1, 0.15) is 5.78 Å². The van der Waals surface area contributed by atoms with E-state index >= 15 is 0 Å². The van der Waals surface area contributed by atoms with Gasteiger partial charge in [-0.1, -0.05) is 12.2 Å². The summed E-state index contributed by atoms with van der Waals surface area (Å²) < 4.78 is 29.6. The van der Waals surface area contributed by atoms with Gasteiger partial charge in [-0.3, -0.25) is 14.4 Å². The Morgan fingerprint density at radius 2 is 1.65 bits per heavy atom. The molecule has 0 radical (unpaired) electrons. The topological polar surface area (TPSA) is 132 Å². The van der Waals surface area contributed by atoms with Crippen molar-refractivity contribution >= 4 is 17.7 Å². The molecule has 1 aliphatic rings. The van der Waals surface area contributed by atoms with Gasteiger partial charge in [0.2, 0.25) is 0 Å². The van der Waals surface area contributed by atoms with Crippen LogP contribution < -0.4 is 0 Å². The molecule has 1 rings (SSSR count). The molecule has 7 heteroatoms. The number of aliphatic carboxylic acids is 2. The first-order valence-corrected chi connectivity index (χ1v) is 7.32. The number of rotatable bonds is 10. The Morgan fingerprint density at radius 1 is 1.00 bits per heavy atom. The second kappa shape index (κ2) is 9.42. The van der Waals surface area contributed by atoms with Crippen LogP contribution in [0.5, 0.6) is 0 Å². The van der Waals surface area contributed by atoms with Gasteiger partial charge in [-0.05, 0) is 31.1 Å². The van der Waals surface area contributed by atoms with Crippen LogP contribution in [0.3, 0.4) is 0 Å². The average molecular weight is 332 g/mol. The first-order chi connectivity index (χ1) is 12.3. The molecule has 4 N–H and O–H groups in total. The van der Waals surface area contributed by atoms with Crippen LogP contribution in [0.4, 0.5) is 0 Å². The van der Waals surface area contributed by atoms with Crippen molar-refractivity contribution in [3.63, 3.8) is 0 Å². The van der Waals surface area contributed by atoms with Crippen LogP contribution in [0.25, 0.3) is 0 Å². The Bertz CT molecular complexity index is 606. The Kier molecular flexibility index (Phi) is 5.60. The van der Waals surface area contributed by atoms with E-state index in [2.05, 4.69) is 0 Å². The number of aliphatic hydroxyl groups is 2. The number of ketones is 1. The molecular formula is C16H24O7.